The normalized spacial score (nSPS) is 19.8. The maximum Gasteiger partial charge on any atom is 0.410 e. The summed E-state index contributed by atoms with van der Waals surface area (Å²) in [6, 6.07) is 13.5. The molecule has 14 heteroatoms. The lowest BCUT2D eigenvalue weighted by atomic mass is 9.92. The van der Waals surface area contributed by atoms with E-state index in [1.165, 1.54) is 7.11 Å². The first kappa shape index (κ1) is 38.3. The van der Waals surface area contributed by atoms with Gasteiger partial charge < -0.3 is 39.1 Å². The Bertz CT molecular complexity index is 2340. The van der Waals surface area contributed by atoms with Gasteiger partial charge in [-0.05, 0) is 92.3 Å². The van der Waals surface area contributed by atoms with Crippen molar-refractivity contribution < 1.29 is 33.3 Å². The molecule has 0 unspecified atom stereocenters. The molecule has 8 rings (SSSR count). The van der Waals surface area contributed by atoms with E-state index >= 15 is 0 Å². The van der Waals surface area contributed by atoms with Crippen LogP contribution in [0.5, 0.6) is 5.75 Å². The van der Waals surface area contributed by atoms with Crippen molar-refractivity contribution in [2.75, 3.05) is 33.9 Å². The van der Waals surface area contributed by atoms with E-state index in [1.54, 1.807) is 12.0 Å². The summed E-state index contributed by atoms with van der Waals surface area (Å²) < 4.78 is 22.4. The number of methoxy groups -OCH3 is 2. The lowest BCUT2D eigenvalue weighted by Crippen LogP contribution is -2.51. The fourth-order valence-electron chi connectivity index (χ4n) is 8.54. The zero-order valence-corrected chi connectivity index (χ0v) is 33.6. The minimum absolute atomic E-state index is 0.111. The van der Waals surface area contributed by atoms with Gasteiger partial charge >= 0.3 is 12.2 Å². The van der Waals surface area contributed by atoms with E-state index in [-0.39, 0.29) is 35.9 Å². The smallest absolute Gasteiger partial charge is 0.410 e. The molecule has 0 spiro atoms. The number of aromatic amines is 2. The van der Waals surface area contributed by atoms with Gasteiger partial charge in [0.05, 0.1) is 48.7 Å². The van der Waals surface area contributed by atoms with Crippen molar-refractivity contribution in [1.29, 1.82) is 0 Å². The number of imidazole rings is 2. The lowest BCUT2D eigenvalue weighted by molar-refractivity contribution is -0.135. The summed E-state index contributed by atoms with van der Waals surface area (Å²) in [5.74, 6) is 2.14. The highest BCUT2D eigenvalue weighted by molar-refractivity contribution is 6.07. The summed E-state index contributed by atoms with van der Waals surface area (Å²) in [7, 11) is 2.98. The molecule has 3 aliphatic rings. The van der Waals surface area contributed by atoms with Crippen LogP contribution in [-0.4, -0.2) is 93.4 Å². The first-order valence-electron chi connectivity index (χ1n) is 19.7. The van der Waals surface area contributed by atoms with E-state index < -0.39 is 17.7 Å². The van der Waals surface area contributed by atoms with Crippen LogP contribution in [0.1, 0.15) is 83.2 Å². The molecule has 0 bridgehead atoms. The number of hydrogen-bond acceptors (Lipinski definition) is 9. The summed E-state index contributed by atoms with van der Waals surface area (Å²) >= 11 is 0. The lowest BCUT2D eigenvalue weighted by Gasteiger charge is -2.30. The maximum absolute atomic E-state index is 13.6. The molecular formula is C43H51N7O7. The molecule has 3 N–H and O–H groups in total. The quantitative estimate of drug-likeness (QED) is 0.144. The summed E-state index contributed by atoms with van der Waals surface area (Å²) in [4.78, 5) is 59.4. The van der Waals surface area contributed by atoms with Crippen LogP contribution in [0.4, 0.5) is 9.59 Å². The predicted octanol–water partition coefficient (Wildman–Crippen LogP) is 7.65. The maximum atomic E-state index is 13.6. The van der Waals surface area contributed by atoms with Gasteiger partial charge in [-0.15, -0.1) is 0 Å². The zero-order chi connectivity index (χ0) is 40.2. The van der Waals surface area contributed by atoms with E-state index in [0.717, 1.165) is 86.4 Å². The number of carbonyl (C=O) groups is 3. The largest absolute Gasteiger partial charge is 0.488 e. The Balaban J connectivity index is 1.04. The Kier molecular flexibility index (Phi) is 10.1. The number of benzene rings is 3. The van der Waals surface area contributed by atoms with Crippen molar-refractivity contribution in [3.05, 3.63) is 65.9 Å². The number of carbonyl (C=O) groups excluding carboxylic acids is 3. The second-order valence-corrected chi connectivity index (χ2v) is 16.7. The average Bonchev–Trinajstić information content (AvgIpc) is 4.01. The highest BCUT2D eigenvalue weighted by atomic mass is 16.6. The number of H-pyrrole nitrogens is 2. The highest BCUT2D eigenvalue weighted by Crippen LogP contribution is 2.44. The topological polar surface area (TPSA) is 164 Å². The van der Waals surface area contributed by atoms with E-state index in [2.05, 4.69) is 51.7 Å². The van der Waals surface area contributed by atoms with E-state index in [0.29, 0.717) is 26.3 Å². The molecule has 4 atom stereocenters. The number of alkyl carbamates (subject to hydrolysis) is 1. The van der Waals surface area contributed by atoms with Crippen LogP contribution < -0.4 is 10.1 Å². The second kappa shape index (κ2) is 15.0. The summed E-state index contributed by atoms with van der Waals surface area (Å²) in [6.07, 6.45) is 3.17. The highest BCUT2D eigenvalue weighted by Gasteiger charge is 2.41. The number of nitrogens with zero attached hydrogens (tertiary/aromatic N) is 4. The monoisotopic (exact) mass is 777 g/mol. The van der Waals surface area contributed by atoms with Crippen molar-refractivity contribution in [1.82, 2.24) is 35.1 Å². The van der Waals surface area contributed by atoms with E-state index in [1.807, 2.05) is 51.8 Å². The van der Waals surface area contributed by atoms with Gasteiger partial charge in [-0.2, -0.15) is 0 Å². The number of hydrogen-bond donors (Lipinski definition) is 3. The number of rotatable bonds is 8. The Labute approximate surface area is 331 Å². The van der Waals surface area contributed by atoms with Crippen molar-refractivity contribution in [2.45, 2.75) is 84.2 Å². The van der Waals surface area contributed by atoms with Gasteiger partial charge in [0.25, 0.3) is 0 Å². The molecule has 5 heterocycles. The number of likely N-dealkylation sites (tertiary alicyclic amines) is 2. The van der Waals surface area contributed by atoms with Crippen molar-refractivity contribution >= 4 is 39.9 Å². The molecule has 3 aromatic carbocycles. The summed E-state index contributed by atoms with van der Waals surface area (Å²) in [6.45, 7) is 11.5. The van der Waals surface area contributed by atoms with Crippen LogP contribution in [0.2, 0.25) is 0 Å². The summed E-state index contributed by atoms with van der Waals surface area (Å²) in [5.41, 5.74) is 6.07. The molecule has 300 valence electrons. The number of amides is 3. The van der Waals surface area contributed by atoms with Crippen LogP contribution in [0.25, 0.3) is 44.2 Å². The fourth-order valence-corrected chi connectivity index (χ4v) is 8.54. The molecule has 14 nitrogen and oxygen atoms in total. The number of aromatic nitrogens is 4. The third-order valence-electron chi connectivity index (χ3n) is 11.2. The molecule has 2 aromatic heterocycles. The van der Waals surface area contributed by atoms with Crippen LogP contribution in [0.15, 0.2) is 48.7 Å². The van der Waals surface area contributed by atoms with Crippen molar-refractivity contribution in [2.24, 2.45) is 11.8 Å². The molecule has 0 saturated carbocycles. The molecule has 2 fully saturated rings. The Morgan fingerprint density at radius 1 is 1.00 bits per heavy atom. The fraction of sp³-hybridized carbons (Fsp3) is 0.465. The van der Waals surface area contributed by atoms with Gasteiger partial charge in [-0.25, -0.2) is 19.6 Å². The van der Waals surface area contributed by atoms with Crippen molar-refractivity contribution in [3.63, 3.8) is 0 Å². The average molecular weight is 778 g/mol. The van der Waals surface area contributed by atoms with Crippen LogP contribution in [0.3, 0.4) is 0 Å². The zero-order valence-electron chi connectivity index (χ0n) is 33.6. The summed E-state index contributed by atoms with van der Waals surface area (Å²) in [5, 5.41) is 4.70. The molecule has 5 aromatic rings. The van der Waals surface area contributed by atoms with Gasteiger partial charge in [0.15, 0.2) is 0 Å². The molecule has 3 amide bonds. The van der Waals surface area contributed by atoms with Gasteiger partial charge in [-0.3, -0.25) is 9.69 Å². The minimum atomic E-state index is -0.695. The third kappa shape index (κ3) is 7.38. The molecule has 57 heavy (non-hydrogen) atoms. The SMILES string of the molecule is COC[C@@H]1C[C@@H](c2nc3c(ccc4cc5c(cc43)OCc3cc(-c4cnc([C@@H]6CCCN6C(=O)[C@@H](NC(=O)OC)C(C)C)[nH]4)ccc3-5)[nH]2)N(C(=O)OC(C)(C)C)C1. The van der Waals surface area contributed by atoms with Gasteiger partial charge in [0.1, 0.15) is 35.6 Å². The third-order valence-corrected chi connectivity index (χ3v) is 11.2. The standard InChI is InChI=1S/C43H51N7O7/c1-23(2)36(48-41(52)55-7)40(51)49-14-8-9-33(49)38-44-19-32(46-38)26-10-12-28-27(16-26)22-56-35-18-29-25(17-30(28)35)11-13-31-37(29)47-39(45-31)34-15-24(21-54-6)20-50(34)42(53)57-43(3,4)5/h10-13,16-19,23-24,33-34,36H,8-9,14-15,20-22H2,1-7H3,(H,44,46)(H,45,47)(H,48,52)/t24-,33+,34+,36+/m1/s1. The number of ether oxygens (including phenoxy) is 4. The Hall–Kier alpha value is -5.63. The van der Waals surface area contributed by atoms with E-state index in [4.69, 9.17) is 28.9 Å². The van der Waals surface area contributed by atoms with Gasteiger partial charge in [-0.1, -0.05) is 32.0 Å². The molecular weight excluding hydrogens is 727 g/mol. The molecule has 2 saturated heterocycles. The van der Waals surface area contributed by atoms with Gasteiger partial charge in [0.2, 0.25) is 5.91 Å². The molecule has 0 aliphatic carbocycles. The Morgan fingerprint density at radius 2 is 1.82 bits per heavy atom. The second-order valence-electron chi connectivity index (χ2n) is 16.7. The van der Waals surface area contributed by atoms with Crippen LogP contribution in [-0.2, 0) is 25.6 Å². The predicted molar refractivity (Wildman–Crippen MR) is 214 cm³/mol. The Morgan fingerprint density at radius 3 is 2.58 bits per heavy atom. The van der Waals surface area contributed by atoms with Crippen molar-refractivity contribution in [3.8, 4) is 28.1 Å². The number of fused-ring (bicyclic) bond motifs is 6. The molecule has 3 aliphatic heterocycles. The first-order chi connectivity index (χ1) is 27.3. The van der Waals surface area contributed by atoms with Crippen LogP contribution >= 0.6 is 0 Å². The first-order valence-corrected chi connectivity index (χ1v) is 19.7. The molecule has 0 radical (unpaired) electrons. The minimum Gasteiger partial charge on any atom is -0.488 e. The van der Waals surface area contributed by atoms with Gasteiger partial charge in [0, 0.05) is 37.1 Å². The van der Waals surface area contributed by atoms with E-state index in [9.17, 15) is 14.4 Å². The number of nitrogens with one attached hydrogen (secondary N) is 3. The van der Waals surface area contributed by atoms with Crippen LogP contribution in [0, 0.1) is 11.8 Å².